The van der Waals surface area contributed by atoms with E-state index in [0.717, 1.165) is 38.8 Å². The van der Waals surface area contributed by atoms with E-state index in [2.05, 4.69) is 10.6 Å². The quantitative estimate of drug-likeness (QED) is 0.661. The fourth-order valence-corrected chi connectivity index (χ4v) is 1.50. The lowest BCUT2D eigenvalue weighted by atomic mass is 10.1. The highest BCUT2D eigenvalue weighted by atomic mass is 16.6. The van der Waals surface area contributed by atoms with Crippen molar-refractivity contribution in [3.63, 3.8) is 0 Å². The van der Waals surface area contributed by atoms with Crippen molar-refractivity contribution in [3.8, 4) is 0 Å². The smallest absolute Gasteiger partial charge is 0.407 e. The molecule has 0 atom stereocenters. The highest BCUT2D eigenvalue weighted by Gasteiger charge is 2.27. The third-order valence-electron chi connectivity index (χ3n) is 2.46. The second kappa shape index (κ2) is 3.96. The van der Waals surface area contributed by atoms with Gasteiger partial charge in [0.15, 0.2) is 0 Å². The summed E-state index contributed by atoms with van der Waals surface area (Å²) in [5.74, 6) is 0. The van der Waals surface area contributed by atoms with Crippen molar-refractivity contribution in [2.75, 3.05) is 13.1 Å². The van der Waals surface area contributed by atoms with Crippen LogP contribution >= 0.6 is 0 Å². The maximum Gasteiger partial charge on any atom is 0.407 e. The molecule has 2 aliphatic rings. The number of piperidine rings is 1. The summed E-state index contributed by atoms with van der Waals surface area (Å²) in [6.45, 7) is 1.99. The minimum Gasteiger partial charge on any atom is -0.446 e. The lowest BCUT2D eigenvalue weighted by Gasteiger charge is -2.23. The van der Waals surface area contributed by atoms with E-state index in [1.54, 1.807) is 0 Å². The van der Waals surface area contributed by atoms with Gasteiger partial charge in [0.2, 0.25) is 0 Å². The molecular weight excluding hydrogens is 168 g/mol. The summed E-state index contributed by atoms with van der Waals surface area (Å²) < 4.78 is 5.09. The van der Waals surface area contributed by atoms with Crippen LogP contribution < -0.4 is 10.6 Å². The number of hydrogen-bond donors (Lipinski definition) is 2. The van der Waals surface area contributed by atoms with Gasteiger partial charge in [0, 0.05) is 6.04 Å². The summed E-state index contributed by atoms with van der Waals surface area (Å²) >= 11 is 0. The molecule has 0 aromatic heterocycles. The molecule has 2 fully saturated rings. The number of ether oxygens (including phenoxy) is 1. The lowest BCUT2D eigenvalue weighted by molar-refractivity contribution is 0.133. The van der Waals surface area contributed by atoms with Crippen LogP contribution in [0.1, 0.15) is 25.7 Å². The van der Waals surface area contributed by atoms with E-state index in [4.69, 9.17) is 4.74 Å². The normalized spacial score (nSPS) is 24.0. The summed E-state index contributed by atoms with van der Waals surface area (Å²) in [5.41, 5.74) is 0. The Morgan fingerprint density at radius 2 is 1.92 bits per heavy atom. The maximum absolute atomic E-state index is 11.2. The Morgan fingerprint density at radius 1 is 1.23 bits per heavy atom. The number of hydrogen-bond acceptors (Lipinski definition) is 3. The highest BCUT2D eigenvalue weighted by molar-refractivity contribution is 5.68. The van der Waals surface area contributed by atoms with Crippen molar-refractivity contribution in [2.24, 2.45) is 0 Å². The Morgan fingerprint density at radius 3 is 2.54 bits per heavy atom. The summed E-state index contributed by atoms with van der Waals surface area (Å²) in [6, 6.07) is 0.312. The van der Waals surface area contributed by atoms with Gasteiger partial charge in [-0.25, -0.2) is 4.79 Å². The van der Waals surface area contributed by atoms with E-state index < -0.39 is 0 Å². The molecule has 0 radical (unpaired) electrons. The molecule has 0 aromatic rings. The molecule has 74 valence electrons. The topological polar surface area (TPSA) is 50.4 Å². The summed E-state index contributed by atoms with van der Waals surface area (Å²) in [5, 5.41) is 6.14. The van der Waals surface area contributed by atoms with Crippen LogP contribution in [0.5, 0.6) is 0 Å². The van der Waals surface area contributed by atoms with Crippen LogP contribution in [0.2, 0.25) is 0 Å². The molecule has 2 N–H and O–H groups in total. The molecule has 1 saturated heterocycles. The van der Waals surface area contributed by atoms with E-state index in [1.165, 1.54) is 0 Å². The Bertz CT molecular complexity index is 186. The summed E-state index contributed by atoms with van der Waals surface area (Å²) in [4.78, 5) is 11.2. The van der Waals surface area contributed by atoms with Crippen molar-refractivity contribution < 1.29 is 9.53 Å². The molecule has 1 amide bonds. The molecule has 4 heteroatoms. The molecule has 1 saturated carbocycles. The molecule has 0 aromatic carbocycles. The molecule has 2 rings (SSSR count). The molecule has 0 unspecified atom stereocenters. The van der Waals surface area contributed by atoms with E-state index in [0.29, 0.717) is 6.04 Å². The van der Waals surface area contributed by atoms with Crippen molar-refractivity contribution >= 4 is 6.09 Å². The first-order valence-corrected chi connectivity index (χ1v) is 5.02. The lowest BCUT2D eigenvalue weighted by Crippen LogP contribution is -2.43. The van der Waals surface area contributed by atoms with Crippen molar-refractivity contribution in [2.45, 2.75) is 37.8 Å². The van der Waals surface area contributed by atoms with Crippen molar-refractivity contribution in [1.82, 2.24) is 10.6 Å². The second-order valence-electron chi connectivity index (χ2n) is 3.77. The fourth-order valence-electron chi connectivity index (χ4n) is 1.50. The second-order valence-corrected chi connectivity index (χ2v) is 3.77. The predicted molar refractivity (Wildman–Crippen MR) is 48.5 cm³/mol. The zero-order chi connectivity index (χ0) is 9.10. The molecule has 0 bridgehead atoms. The summed E-state index contributed by atoms with van der Waals surface area (Å²) in [6.07, 6.45) is 4.09. The third kappa shape index (κ3) is 2.88. The molecule has 1 heterocycles. The summed E-state index contributed by atoms with van der Waals surface area (Å²) in [7, 11) is 0. The van der Waals surface area contributed by atoms with E-state index >= 15 is 0 Å². The zero-order valence-electron chi connectivity index (χ0n) is 7.71. The van der Waals surface area contributed by atoms with Gasteiger partial charge in [-0.2, -0.15) is 0 Å². The Hall–Kier alpha value is -0.770. The number of carbonyl (C=O) groups is 1. The van der Waals surface area contributed by atoms with Crippen LogP contribution in [-0.4, -0.2) is 31.3 Å². The molecule has 0 spiro atoms. The van der Waals surface area contributed by atoms with Gasteiger partial charge in [-0.05, 0) is 38.8 Å². The monoisotopic (exact) mass is 184 g/mol. The van der Waals surface area contributed by atoms with Crippen molar-refractivity contribution in [1.29, 1.82) is 0 Å². The minimum atomic E-state index is -0.227. The van der Waals surface area contributed by atoms with Crippen molar-refractivity contribution in [3.05, 3.63) is 0 Å². The van der Waals surface area contributed by atoms with Gasteiger partial charge in [-0.1, -0.05) is 0 Å². The third-order valence-corrected chi connectivity index (χ3v) is 2.46. The first kappa shape index (κ1) is 8.81. The van der Waals surface area contributed by atoms with Gasteiger partial charge in [0.1, 0.15) is 6.10 Å². The molecule has 1 aliphatic heterocycles. The molecule has 13 heavy (non-hydrogen) atoms. The number of nitrogens with one attached hydrogen (secondary N) is 2. The number of alkyl carbamates (subject to hydrolysis) is 1. The molecule has 1 aliphatic carbocycles. The van der Waals surface area contributed by atoms with Gasteiger partial charge in [-0.3, -0.25) is 0 Å². The van der Waals surface area contributed by atoms with Gasteiger partial charge < -0.3 is 15.4 Å². The predicted octanol–water partition coefficient (Wildman–Crippen LogP) is 0.627. The van der Waals surface area contributed by atoms with E-state index in [9.17, 15) is 4.79 Å². The van der Waals surface area contributed by atoms with Gasteiger partial charge in [0.25, 0.3) is 0 Å². The van der Waals surface area contributed by atoms with Crippen LogP contribution in [0, 0.1) is 0 Å². The van der Waals surface area contributed by atoms with Crippen LogP contribution in [-0.2, 0) is 4.74 Å². The van der Waals surface area contributed by atoms with Gasteiger partial charge >= 0.3 is 6.09 Å². The average molecular weight is 184 g/mol. The number of amides is 1. The molecular formula is C9H16N2O2. The maximum atomic E-state index is 11.2. The SMILES string of the molecule is O=C(NC1CCNCC1)OC1CC1. The standard InChI is InChI=1S/C9H16N2O2/c12-9(13-8-1-2-8)11-7-3-5-10-6-4-7/h7-8,10H,1-6H2,(H,11,12). The minimum absolute atomic E-state index is 0.210. The van der Waals surface area contributed by atoms with Gasteiger partial charge in [-0.15, -0.1) is 0 Å². The first-order chi connectivity index (χ1) is 6.34. The zero-order valence-corrected chi connectivity index (χ0v) is 7.71. The first-order valence-electron chi connectivity index (χ1n) is 5.02. The number of rotatable bonds is 2. The fraction of sp³-hybridized carbons (Fsp3) is 0.889. The van der Waals surface area contributed by atoms with Crippen LogP contribution in [0.4, 0.5) is 4.79 Å². The average Bonchev–Trinajstić information content (AvgIpc) is 2.90. The van der Waals surface area contributed by atoms with Crippen LogP contribution in [0.15, 0.2) is 0 Å². The largest absolute Gasteiger partial charge is 0.446 e. The Labute approximate surface area is 78.0 Å². The highest BCUT2D eigenvalue weighted by Crippen LogP contribution is 2.23. The Balaban J connectivity index is 1.66. The van der Waals surface area contributed by atoms with Crippen LogP contribution in [0.3, 0.4) is 0 Å². The Kier molecular flexibility index (Phi) is 2.68. The van der Waals surface area contributed by atoms with E-state index in [-0.39, 0.29) is 12.2 Å². The number of carbonyl (C=O) groups excluding carboxylic acids is 1. The molecule has 4 nitrogen and oxygen atoms in total. The van der Waals surface area contributed by atoms with Crippen LogP contribution in [0.25, 0.3) is 0 Å². The van der Waals surface area contributed by atoms with E-state index in [1.807, 2.05) is 0 Å². The van der Waals surface area contributed by atoms with Gasteiger partial charge in [0.05, 0.1) is 0 Å².